The Morgan fingerprint density at radius 2 is 1.55 bits per heavy atom. The van der Waals surface area contributed by atoms with E-state index in [1.165, 1.54) is 30.3 Å². The lowest BCUT2D eigenvalue weighted by Crippen LogP contribution is -2.31. The summed E-state index contributed by atoms with van der Waals surface area (Å²) in [7, 11) is 0. The highest BCUT2D eigenvalue weighted by Crippen LogP contribution is 2.42. The SMILES string of the molecule is O=C(CCc1ccccc1)C1=C(O)C(=O)N(c2ccc(F)cc2)C1c1ccccc1F. The van der Waals surface area contributed by atoms with E-state index < -0.39 is 35.1 Å². The lowest BCUT2D eigenvalue weighted by Gasteiger charge is -2.27. The second kappa shape index (κ2) is 8.52. The molecule has 3 aromatic rings. The lowest BCUT2D eigenvalue weighted by molar-refractivity contribution is -0.118. The molecule has 1 aliphatic heterocycles. The average Bonchev–Trinajstić information content (AvgIpc) is 3.04. The molecule has 4 nitrogen and oxygen atoms in total. The smallest absolute Gasteiger partial charge is 0.294 e. The normalized spacial score (nSPS) is 16.1. The van der Waals surface area contributed by atoms with Crippen LogP contribution in [0.25, 0.3) is 0 Å². The van der Waals surface area contributed by atoms with Crippen molar-refractivity contribution in [3.05, 3.63) is 113 Å². The molecule has 31 heavy (non-hydrogen) atoms. The Hall–Kier alpha value is -3.80. The summed E-state index contributed by atoms with van der Waals surface area (Å²) in [5.74, 6) is -3.12. The van der Waals surface area contributed by atoms with Gasteiger partial charge in [-0.25, -0.2) is 8.78 Å². The Morgan fingerprint density at radius 3 is 2.23 bits per heavy atom. The quantitative estimate of drug-likeness (QED) is 0.607. The number of nitrogens with zero attached hydrogens (tertiary/aromatic N) is 1. The maximum absolute atomic E-state index is 14.7. The van der Waals surface area contributed by atoms with Gasteiger partial charge in [0.25, 0.3) is 5.91 Å². The number of rotatable bonds is 6. The van der Waals surface area contributed by atoms with Gasteiger partial charge < -0.3 is 5.11 Å². The Morgan fingerprint density at radius 1 is 0.903 bits per heavy atom. The monoisotopic (exact) mass is 419 g/mol. The molecule has 156 valence electrons. The molecular weight excluding hydrogens is 400 g/mol. The van der Waals surface area contributed by atoms with Gasteiger partial charge in [-0.1, -0.05) is 48.5 Å². The number of carbonyl (C=O) groups excluding carboxylic acids is 2. The zero-order valence-electron chi connectivity index (χ0n) is 16.5. The van der Waals surface area contributed by atoms with Crippen LogP contribution in [0, 0.1) is 11.6 Å². The van der Waals surface area contributed by atoms with Crippen molar-refractivity contribution < 1.29 is 23.5 Å². The summed E-state index contributed by atoms with van der Waals surface area (Å²) in [6, 6.07) is 19.0. The molecule has 0 saturated carbocycles. The molecule has 0 saturated heterocycles. The van der Waals surface area contributed by atoms with Crippen LogP contribution >= 0.6 is 0 Å². The molecule has 1 aliphatic rings. The third-order valence-corrected chi connectivity index (χ3v) is 5.30. The summed E-state index contributed by atoms with van der Waals surface area (Å²) >= 11 is 0. The third kappa shape index (κ3) is 3.97. The van der Waals surface area contributed by atoms with Gasteiger partial charge in [-0.05, 0) is 42.3 Å². The molecular formula is C25H19F2NO3. The van der Waals surface area contributed by atoms with E-state index in [4.69, 9.17) is 0 Å². The standard InChI is InChI=1S/C25H19F2NO3/c26-17-11-13-18(14-12-17)28-23(19-8-4-5-9-20(19)27)22(24(30)25(28)31)21(29)15-10-16-6-2-1-3-7-16/h1-9,11-14,23,30H,10,15H2. The second-order valence-electron chi connectivity index (χ2n) is 7.25. The van der Waals surface area contributed by atoms with Crippen molar-refractivity contribution in [3.8, 4) is 0 Å². The molecule has 1 amide bonds. The zero-order chi connectivity index (χ0) is 22.0. The number of aliphatic hydroxyl groups is 1. The fourth-order valence-electron chi connectivity index (χ4n) is 3.79. The number of halogens is 2. The summed E-state index contributed by atoms with van der Waals surface area (Å²) in [4.78, 5) is 27.2. The molecule has 0 aromatic heterocycles. The topological polar surface area (TPSA) is 57.6 Å². The van der Waals surface area contributed by atoms with Crippen molar-refractivity contribution in [2.45, 2.75) is 18.9 Å². The fraction of sp³-hybridized carbons (Fsp3) is 0.120. The number of aliphatic hydroxyl groups excluding tert-OH is 1. The van der Waals surface area contributed by atoms with Gasteiger partial charge in [-0.2, -0.15) is 0 Å². The summed E-state index contributed by atoms with van der Waals surface area (Å²) in [5.41, 5.74) is 1.10. The number of aryl methyl sites for hydroxylation is 1. The summed E-state index contributed by atoms with van der Waals surface area (Å²) in [6.45, 7) is 0. The highest BCUT2D eigenvalue weighted by Gasteiger charge is 2.45. The van der Waals surface area contributed by atoms with Crippen LogP contribution in [-0.4, -0.2) is 16.8 Å². The van der Waals surface area contributed by atoms with Crippen LogP contribution in [0.3, 0.4) is 0 Å². The highest BCUT2D eigenvalue weighted by atomic mass is 19.1. The fourth-order valence-corrected chi connectivity index (χ4v) is 3.79. The number of amides is 1. The molecule has 6 heteroatoms. The van der Waals surface area contributed by atoms with E-state index in [2.05, 4.69) is 0 Å². The zero-order valence-corrected chi connectivity index (χ0v) is 16.5. The first-order chi connectivity index (χ1) is 15.0. The Labute approximate surface area is 178 Å². The van der Waals surface area contributed by atoms with E-state index in [1.807, 2.05) is 30.3 Å². The Kier molecular flexibility index (Phi) is 5.62. The maximum Gasteiger partial charge on any atom is 0.294 e. The predicted molar refractivity (Wildman–Crippen MR) is 112 cm³/mol. The van der Waals surface area contributed by atoms with Crippen molar-refractivity contribution in [1.29, 1.82) is 0 Å². The van der Waals surface area contributed by atoms with Crippen molar-refractivity contribution >= 4 is 17.4 Å². The lowest BCUT2D eigenvalue weighted by atomic mass is 9.92. The average molecular weight is 419 g/mol. The van der Waals surface area contributed by atoms with E-state index in [-0.39, 0.29) is 23.2 Å². The van der Waals surface area contributed by atoms with Crippen LogP contribution in [0.15, 0.2) is 90.2 Å². The van der Waals surface area contributed by atoms with Crippen LogP contribution in [0.2, 0.25) is 0 Å². The summed E-state index contributed by atoms with van der Waals surface area (Å²) in [5, 5.41) is 10.6. The van der Waals surface area contributed by atoms with E-state index in [0.717, 1.165) is 22.6 Å². The molecule has 1 atom stereocenters. The molecule has 1 heterocycles. The van der Waals surface area contributed by atoms with Crippen LogP contribution in [0.5, 0.6) is 0 Å². The van der Waals surface area contributed by atoms with Gasteiger partial charge in [0, 0.05) is 17.7 Å². The number of hydrogen-bond acceptors (Lipinski definition) is 3. The second-order valence-corrected chi connectivity index (χ2v) is 7.25. The molecule has 0 aliphatic carbocycles. The largest absolute Gasteiger partial charge is 0.503 e. The van der Waals surface area contributed by atoms with E-state index in [0.29, 0.717) is 6.42 Å². The summed E-state index contributed by atoms with van der Waals surface area (Å²) < 4.78 is 28.1. The Bertz CT molecular complexity index is 1160. The number of carbonyl (C=O) groups is 2. The van der Waals surface area contributed by atoms with E-state index in [1.54, 1.807) is 6.07 Å². The molecule has 0 fully saturated rings. The minimum atomic E-state index is -1.15. The van der Waals surface area contributed by atoms with Gasteiger partial charge >= 0.3 is 0 Å². The number of Topliss-reactive ketones (excluding diaryl/α,β-unsaturated/α-hetero) is 1. The minimum Gasteiger partial charge on any atom is -0.503 e. The van der Waals surface area contributed by atoms with Crippen LogP contribution < -0.4 is 4.90 Å². The van der Waals surface area contributed by atoms with Crippen molar-refractivity contribution in [2.75, 3.05) is 4.90 Å². The first kappa shape index (κ1) is 20.5. The molecule has 1 N–H and O–H groups in total. The van der Waals surface area contributed by atoms with Crippen LogP contribution in [0.4, 0.5) is 14.5 Å². The van der Waals surface area contributed by atoms with Gasteiger partial charge in [0.15, 0.2) is 11.5 Å². The van der Waals surface area contributed by atoms with Gasteiger partial charge in [0.1, 0.15) is 11.6 Å². The van der Waals surface area contributed by atoms with Crippen molar-refractivity contribution in [3.63, 3.8) is 0 Å². The van der Waals surface area contributed by atoms with Crippen molar-refractivity contribution in [1.82, 2.24) is 0 Å². The minimum absolute atomic E-state index is 0.0406. The van der Waals surface area contributed by atoms with Crippen molar-refractivity contribution in [2.24, 2.45) is 0 Å². The predicted octanol–water partition coefficient (Wildman–Crippen LogP) is 5.07. The number of anilines is 1. The summed E-state index contributed by atoms with van der Waals surface area (Å²) in [6.07, 6.45) is 0.448. The first-order valence-electron chi connectivity index (χ1n) is 9.81. The van der Waals surface area contributed by atoms with Crippen LogP contribution in [0.1, 0.15) is 23.6 Å². The number of benzene rings is 3. The van der Waals surface area contributed by atoms with Gasteiger partial charge in [0.2, 0.25) is 0 Å². The number of ketones is 1. The molecule has 1 unspecified atom stereocenters. The Balaban J connectivity index is 1.74. The van der Waals surface area contributed by atoms with Gasteiger partial charge in [0.05, 0.1) is 11.6 Å². The molecule has 0 spiro atoms. The highest BCUT2D eigenvalue weighted by molar-refractivity contribution is 6.16. The first-order valence-corrected chi connectivity index (χ1v) is 9.81. The molecule has 3 aromatic carbocycles. The van der Waals surface area contributed by atoms with E-state index in [9.17, 15) is 23.5 Å². The van der Waals surface area contributed by atoms with Gasteiger partial charge in [-0.3, -0.25) is 14.5 Å². The molecule has 0 bridgehead atoms. The van der Waals surface area contributed by atoms with Gasteiger partial charge in [-0.15, -0.1) is 0 Å². The van der Waals surface area contributed by atoms with E-state index >= 15 is 0 Å². The third-order valence-electron chi connectivity index (χ3n) is 5.30. The molecule has 4 rings (SSSR count). The maximum atomic E-state index is 14.7. The van der Waals surface area contributed by atoms with Crippen LogP contribution in [-0.2, 0) is 16.0 Å². The number of hydrogen-bond donors (Lipinski definition) is 1. The molecule has 0 radical (unpaired) electrons.